The van der Waals surface area contributed by atoms with Crippen LogP contribution in [0.15, 0.2) is 17.6 Å². The first-order chi connectivity index (χ1) is 9.06. The van der Waals surface area contributed by atoms with Crippen LogP contribution in [0.3, 0.4) is 0 Å². The van der Waals surface area contributed by atoms with Gasteiger partial charge in [0.1, 0.15) is 0 Å². The molecule has 0 saturated carbocycles. The summed E-state index contributed by atoms with van der Waals surface area (Å²) in [4.78, 5) is 12.2. The lowest BCUT2D eigenvalue weighted by Gasteiger charge is -2.06. The Labute approximate surface area is 116 Å². The predicted molar refractivity (Wildman–Crippen MR) is 77.1 cm³/mol. The minimum Gasteiger partial charge on any atom is -0.325 e. The number of hydrogen-bond acceptors (Lipinski definition) is 4. The lowest BCUT2D eigenvalue weighted by Crippen LogP contribution is -2.14. The van der Waals surface area contributed by atoms with Crippen molar-refractivity contribution in [1.82, 2.24) is 15.1 Å². The number of rotatable bonds is 5. The molecule has 0 saturated heterocycles. The molecule has 0 radical (unpaired) electrons. The SMILES string of the molecule is CC(=O)Nc1ccsc1CNCc1cn(C)nc1C. The first kappa shape index (κ1) is 13.8. The second-order valence-electron chi connectivity index (χ2n) is 4.46. The molecule has 2 heterocycles. The number of carbonyl (C=O) groups excluding carboxylic acids is 1. The number of amides is 1. The van der Waals surface area contributed by atoms with Crippen LogP contribution < -0.4 is 10.6 Å². The van der Waals surface area contributed by atoms with Crippen LogP contribution in [0.1, 0.15) is 23.1 Å². The van der Waals surface area contributed by atoms with E-state index in [1.165, 1.54) is 12.5 Å². The molecule has 2 N–H and O–H groups in total. The molecule has 2 aromatic heterocycles. The maximum absolute atomic E-state index is 11.1. The van der Waals surface area contributed by atoms with Crippen molar-refractivity contribution in [2.45, 2.75) is 26.9 Å². The number of aryl methyl sites for hydroxylation is 2. The molecule has 0 aliphatic carbocycles. The molecular formula is C13H18N4OS. The number of thiophene rings is 1. The molecule has 0 unspecified atom stereocenters. The fraction of sp³-hybridized carbons (Fsp3) is 0.385. The van der Waals surface area contributed by atoms with E-state index in [2.05, 4.69) is 15.7 Å². The van der Waals surface area contributed by atoms with Gasteiger partial charge in [-0.3, -0.25) is 9.48 Å². The molecule has 1 amide bonds. The van der Waals surface area contributed by atoms with Gasteiger partial charge in [0.05, 0.1) is 11.4 Å². The maximum Gasteiger partial charge on any atom is 0.221 e. The summed E-state index contributed by atoms with van der Waals surface area (Å²) < 4.78 is 1.82. The van der Waals surface area contributed by atoms with E-state index >= 15 is 0 Å². The van der Waals surface area contributed by atoms with Crippen molar-refractivity contribution in [3.63, 3.8) is 0 Å². The van der Waals surface area contributed by atoms with Gasteiger partial charge in [-0.25, -0.2) is 0 Å². The maximum atomic E-state index is 11.1. The molecule has 19 heavy (non-hydrogen) atoms. The molecule has 2 rings (SSSR count). The van der Waals surface area contributed by atoms with E-state index in [-0.39, 0.29) is 5.91 Å². The van der Waals surface area contributed by atoms with Crippen LogP contribution in [0.2, 0.25) is 0 Å². The molecule has 0 aromatic carbocycles. The highest BCUT2D eigenvalue weighted by atomic mass is 32.1. The highest BCUT2D eigenvalue weighted by Gasteiger charge is 2.06. The van der Waals surface area contributed by atoms with Crippen LogP contribution in [0, 0.1) is 6.92 Å². The number of aromatic nitrogens is 2. The van der Waals surface area contributed by atoms with Gasteiger partial charge in [-0.15, -0.1) is 11.3 Å². The first-order valence-corrected chi connectivity index (χ1v) is 6.98. The summed E-state index contributed by atoms with van der Waals surface area (Å²) in [5.41, 5.74) is 3.14. The van der Waals surface area contributed by atoms with E-state index in [0.717, 1.165) is 29.3 Å². The standard InChI is InChI=1S/C13H18N4OS/c1-9-11(8-17(3)16-9)6-14-7-13-12(4-5-19-13)15-10(2)18/h4-5,8,14H,6-7H2,1-3H3,(H,15,18). The Kier molecular flexibility index (Phi) is 4.34. The summed E-state index contributed by atoms with van der Waals surface area (Å²) in [5.74, 6) is -0.0391. The number of hydrogen-bond donors (Lipinski definition) is 2. The molecule has 0 fully saturated rings. The van der Waals surface area contributed by atoms with Crippen molar-refractivity contribution in [2.75, 3.05) is 5.32 Å². The third-order valence-electron chi connectivity index (χ3n) is 2.77. The highest BCUT2D eigenvalue weighted by Crippen LogP contribution is 2.22. The van der Waals surface area contributed by atoms with E-state index in [4.69, 9.17) is 0 Å². The number of carbonyl (C=O) groups is 1. The molecule has 0 atom stereocenters. The van der Waals surface area contributed by atoms with Gasteiger partial charge in [0, 0.05) is 43.7 Å². The monoisotopic (exact) mass is 278 g/mol. The summed E-state index contributed by atoms with van der Waals surface area (Å²) in [5, 5.41) is 12.5. The lowest BCUT2D eigenvalue weighted by molar-refractivity contribution is -0.114. The zero-order valence-electron chi connectivity index (χ0n) is 11.4. The van der Waals surface area contributed by atoms with Crippen molar-refractivity contribution >= 4 is 22.9 Å². The molecule has 0 aliphatic heterocycles. The Morgan fingerprint density at radius 2 is 2.26 bits per heavy atom. The quantitative estimate of drug-likeness (QED) is 0.880. The topological polar surface area (TPSA) is 59.0 Å². The van der Waals surface area contributed by atoms with Gasteiger partial charge in [0.2, 0.25) is 5.91 Å². The molecular weight excluding hydrogens is 260 g/mol. The average molecular weight is 278 g/mol. The first-order valence-electron chi connectivity index (χ1n) is 6.10. The summed E-state index contributed by atoms with van der Waals surface area (Å²) in [6.45, 7) is 5.04. The number of nitrogens with one attached hydrogen (secondary N) is 2. The minimum absolute atomic E-state index is 0.0391. The van der Waals surface area contributed by atoms with Crippen molar-refractivity contribution in [2.24, 2.45) is 7.05 Å². The second-order valence-corrected chi connectivity index (χ2v) is 5.46. The molecule has 6 heteroatoms. The Balaban J connectivity index is 1.91. The molecule has 102 valence electrons. The molecule has 5 nitrogen and oxygen atoms in total. The third-order valence-corrected chi connectivity index (χ3v) is 3.69. The predicted octanol–water partition coefficient (Wildman–Crippen LogP) is 2.04. The number of nitrogens with zero attached hydrogens (tertiary/aromatic N) is 2. The van der Waals surface area contributed by atoms with E-state index in [0.29, 0.717) is 0 Å². The van der Waals surface area contributed by atoms with Gasteiger partial charge in [0.15, 0.2) is 0 Å². The largest absolute Gasteiger partial charge is 0.325 e. The van der Waals surface area contributed by atoms with E-state index < -0.39 is 0 Å². The molecule has 0 bridgehead atoms. The van der Waals surface area contributed by atoms with E-state index in [1.54, 1.807) is 11.3 Å². The van der Waals surface area contributed by atoms with E-state index in [1.807, 2.05) is 36.3 Å². The van der Waals surface area contributed by atoms with Gasteiger partial charge in [-0.05, 0) is 18.4 Å². The van der Waals surface area contributed by atoms with Crippen LogP contribution in [0.5, 0.6) is 0 Å². The van der Waals surface area contributed by atoms with Crippen LogP contribution in [-0.4, -0.2) is 15.7 Å². The zero-order valence-corrected chi connectivity index (χ0v) is 12.2. The zero-order chi connectivity index (χ0) is 13.8. The average Bonchev–Trinajstić information content (AvgIpc) is 2.86. The van der Waals surface area contributed by atoms with Gasteiger partial charge in [-0.1, -0.05) is 0 Å². The van der Waals surface area contributed by atoms with Crippen LogP contribution in [0.25, 0.3) is 0 Å². The minimum atomic E-state index is -0.0391. The van der Waals surface area contributed by atoms with Crippen molar-refractivity contribution in [1.29, 1.82) is 0 Å². The summed E-state index contributed by atoms with van der Waals surface area (Å²) in [6.07, 6.45) is 2.02. The Bertz CT molecular complexity index is 573. The Morgan fingerprint density at radius 1 is 1.47 bits per heavy atom. The fourth-order valence-corrected chi connectivity index (χ4v) is 2.71. The van der Waals surface area contributed by atoms with Crippen LogP contribution >= 0.6 is 11.3 Å². The van der Waals surface area contributed by atoms with Crippen LogP contribution in [0.4, 0.5) is 5.69 Å². The Morgan fingerprint density at radius 3 is 2.89 bits per heavy atom. The van der Waals surface area contributed by atoms with Crippen molar-refractivity contribution in [3.05, 3.63) is 33.8 Å². The van der Waals surface area contributed by atoms with Crippen molar-refractivity contribution in [3.8, 4) is 0 Å². The molecule has 0 spiro atoms. The van der Waals surface area contributed by atoms with Gasteiger partial charge in [-0.2, -0.15) is 5.10 Å². The lowest BCUT2D eigenvalue weighted by atomic mass is 10.2. The fourth-order valence-electron chi connectivity index (χ4n) is 1.91. The molecule has 0 aliphatic rings. The van der Waals surface area contributed by atoms with Crippen molar-refractivity contribution < 1.29 is 4.79 Å². The van der Waals surface area contributed by atoms with Gasteiger partial charge in [0.25, 0.3) is 0 Å². The highest BCUT2D eigenvalue weighted by molar-refractivity contribution is 7.10. The summed E-state index contributed by atoms with van der Waals surface area (Å²) in [7, 11) is 1.92. The summed E-state index contributed by atoms with van der Waals surface area (Å²) >= 11 is 1.64. The smallest absolute Gasteiger partial charge is 0.221 e. The Hall–Kier alpha value is -1.66. The van der Waals surface area contributed by atoms with E-state index in [9.17, 15) is 4.79 Å². The van der Waals surface area contributed by atoms with Crippen LogP contribution in [-0.2, 0) is 24.9 Å². The number of anilines is 1. The van der Waals surface area contributed by atoms with Gasteiger partial charge < -0.3 is 10.6 Å². The molecule has 2 aromatic rings. The summed E-state index contributed by atoms with van der Waals surface area (Å²) in [6, 6.07) is 1.93. The normalized spacial score (nSPS) is 10.7. The third kappa shape index (κ3) is 3.65. The second kappa shape index (κ2) is 5.99. The van der Waals surface area contributed by atoms with Gasteiger partial charge >= 0.3 is 0 Å².